The lowest BCUT2D eigenvalue weighted by Gasteiger charge is -2.26. The van der Waals surface area contributed by atoms with Gasteiger partial charge in [0.25, 0.3) is 0 Å². The molecule has 1 unspecified atom stereocenters. The number of nitrogens with zero attached hydrogens (tertiary/aromatic N) is 2. The van der Waals surface area contributed by atoms with Crippen LogP contribution in [0.3, 0.4) is 0 Å². The summed E-state index contributed by atoms with van der Waals surface area (Å²) >= 11 is 0. The molecule has 1 fully saturated rings. The quantitative estimate of drug-likeness (QED) is 0.600. The number of hydrogen-bond donors (Lipinski definition) is 1. The zero-order valence-corrected chi connectivity index (χ0v) is 17.1. The Balaban J connectivity index is 1.56. The molecule has 0 bridgehead atoms. The van der Waals surface area contributed by atoms with E-state index in [-0.39, 0.29) is 11.9 Å². The minimum Gasteiger partial charge on any atom is -0.374 e. The topological polar surface area (TPSA) is 73.2 Å². The number of nitrogens with one attached hydrogen (secondary N) is 1. The highest BCUT2D eigenvalue weighted by atomic mass is 16.2. The van der Waals surface area contributed by atoms with Crippen molar-refractivity contribution in [2.24, 2.45) is 0 Å². The third-order valence-corrected chi connectivity index (χ3v) is 5.60. The van der Waals surface area contributed by atoms with Crippen LogP contribution in [0.15, 0.2) is 72.8 Å². The molecule has 1 N–H and O–H groups in total. The number of rotatable bonds is 5. The molecular formula is C26H23N3O2. The van der Waals surface area contributed by atoms with Crippen LogP contribution in [0.2, 0.25) is 0 Å². The maximum Gasteiger partial charge on any atom is 0.249 e. The molecule has 1 atom stereocenters. The van der Waals surface area contributed by atoms with Crippen LogP contribution in [0, 0.1) is 11.3 Å². The average Bonchev–Trinajstić information content (AvgIpc) is 3.00. The lowest BCUT2D eigenvalue weighted by molar-refractivity contribution is -0.119. The van der Waals surface area contributed by atoms with E-state index in [0.29, 0.717) is 17.7 Å². The van der Waals surface area contributed by atoms with E-state index in [4.69, 9.17) is 5.26 Å². The Hall–Kier alpha value is -3.91. The van der Waals surface area contributed by atoms with E-state index >= 15 is 0 Å². The van der Waals surface area contributed by atoms with E-state index in [1.165, 1.54) is 0 Å². The van der Waals surface area contributed by atoms with Gasteiger partial charge < -0.3 is 10.2 Å². The second kappa shape index (κ2) is 9.27. The molecule has 0 aliphatic carbocycles. The lowest BCUT2D eigenvalue weighted by Crippen LogP contribution is -2.41. The van der Waals surface area contributed by atoms with Crippen LogP contribution in [0.25, 0.3) is 11.1 Å². The fourth-order valence-electron chi connectivity index (χ4n) is 3.99. The molecule has 1 aliphatic rings. The standard InChI is InChI=1S/C26H23N3O2/c27-17-19-6-5-8-22(16-19)28-25-10-3-4-15-29(26(25)31)23-13-11-20(12-14-23)24-9-2-1-7-21(24)18-30/h1-2,5-9,11-14,16,18,25,28H,3-4,10,15H2. The van der Waals surface area contributed by atoms with Crippen LogP contribution in [0.1, 0.15) is 35.2 Å². The van der Waals surface area contributed by atoms with Crippen LogP contribution in [0.5, 0.6) is 0 Å². The van der Waals surface area contributed by atoms with Crippen LogP contribution in [-0.2, 0) is 4.79 Å². The highest BCUT2D eigenvalue weighted by molar-refractivity contribution is 5.99. The van der Waals surface area contributed by atoms with Gasteiger partial charge in [0, 0.05) is 23.5 Å². The van der Waals surface area contributed by atoms with Gasteiger partial charge in [-0.25, -0.2) is 0 Å². The summed E-state index contributed by atoms with van der Waals surface area (Å²) in [6, 6.07) is 24.3. The molecule has 0 radical (unpaired) electrons. The van der Waals surface area contributed by atoms with Crippen LogP contribution in [-0.4, -0.2) is 24.8 Å². The van der Waals surface area contributed by atoms with E-state index in [1.54, 1.807) is 18.2 Å². The van der Waals surface area contributed by atoms with Crippen LogP contribution >= 0.6 is 0 Å². The van der Waals surface area contributed by atoms with Crippen molar-refractivity contribution in [3.63, 3.8) is 0 Å². The molecular weight excluding hydrogens is 386 g/mol. The fourth-order valence-corrected chi connectivity index (χ4v) is 3.99. The van der Waals surface area contributed by atoms with E-state index in [9.17, 15) is 9.59 Å². The van der Waals surface area contributed by atoms with Gasteiger partial charge in [-0.2, -0.15) is 5.26 Å². The van der Waals surface area contributed by atoms with Gasteiger partial charge in [0.1, 0.15) is 6.04 Å². The monoisotopic (exact) mass is 409 g/mol. The van der Waals surface area contributed by atoms with E-state index in [0.717, 1.165) is 48.1 Å². The minimum absolute atomic E-state index is 0.0286. The summed E-state index contributed by atoms with van der Waals surface area (Å²) in [7, 11) is 0. The molecule has 0 saturated carbocycles. The molecule has 5 nitrogen and oxygen atoms in total. The number of hydrogen-bond acceptors (Lipinski definition) is 4. The summed E-state index contributed by atoms with van der Waals surface area (Å²) in [4.78, 5) is 26.5. The molecule has 154 valence electrons. The second-order valence-electron chi connectivity index (χ2n) is 7.63. The number of carbonyl (C=O) groups is 2. The van der Waals surface area contributed by atoms with Gasteiger partial charge in [0.05, 0.1) is 11.6 Å². The van der Waals surface area contributed by atoms with E-state index in [2.05, 4.69) is 11.4 Å². The Morgan fingerprint density at radius 3 is 2.58 bits per heavy atom. The summed E-state index contributed by atoms with van der Waals surface area (Å²) in [5, 5.41) is 12.4. The van der Waals surface area contributed by atoms with E-state index in [1.807, 2.05) is 59.5 Å². The minimum atomic E-state index is -0.341. The van der Waals surface area contributed by atoms with Gasteiger partial charge in [-0.1, -0.05) is 42.5 Å². The highest BCUT2D eigenvalue weighted by Gasteiger charge is 2.28. The molecule has 3 aromatic rings. The first-order valence-corrected chi connectivity index (χ1v) is 10.4. The Kier molecular flexibility index (Phi) is 6.09. The Bertz CT molecular complexity index is 1130. The maximum absolute atomic E-state index is 13.3. The van der Waals surface area contributed by atoms with Crippen molar-refractivity contribution in [3.8, 4) is 17.2 Å². The van der Waals surface area contributed by atoms with Crippen molar-refractivity contribution in [3.05, 3.63) is 83.9 Å². The molecule has 4 rings (SSSR count). The summed E-state index contributed by atoms with van der Waals surface area (Å²) in [5.41, 5.74) is 4.65. The first-order valence-electron chi connectivity index (χ1n) is 10.4. The largest absolute Gasteiger partial charge is 0.374 e. The zero-order valence-electron chi connectivity index (χ0n) is 17.1. The van der Waals surface area contributed by atoms with Gasteiger partial charge >= 0.3 is 0 Å². The Labute approximate surface area is 181 Å². The van der Waals surface area contributed by atoms with Gasteiger partial charge in [-0.05, 0) is 60.7 Å². The van der Waals surface area contributed by atoms with Crippen molar-refractivity contribution in [1.29, 1.82) is 5.26 Å². The van der Waals surface area contributed by atoms with Gasteiger partial charge in [0.2, 0.25) is 5.91 Å². The van der Waals surface area contributed by atoms with Gasteiger partial charge in [-0.15, -0.1) is 0 Å². The third-order valence-electron chi connectivity index (χ3n) is 5.60. The summed E-state index contributed by atoms with van der Waals surface area (Å²) < 4.78 is 0. The number of nitriles is 1. The van der Waals surface area contributed by atoms with Crippen molar-refractivity contribution in [2.45, 2.75) is 25.3 Å². The fraction of sp³-hybridized carbons (Fsp3) is 0.192. The third kappa shape index (κ3) is 4.49. The molecule has 1 heterocycles. The smallest absolute Gasteiger partial charge is 0.249 e. The molecule has 1 saturated heterocycles. The molecule has 3 aromatic carbocycles. The molecule has 1 aliphatic heterocycles. The van der Waals surface area contributed by atoms with Crippen molar-refractivity contribution >= 4 is 23.6 Å². The number of carbonyl (C=O) groups excluding carboxylic acids is 2. The van der Waals surface area contributed by atoms with Crippen LogP contribution < -0.4 is 10.2 Å². The first-order chi connectivity index (χ1) is 15.2. The van der Waals surface area contributed by atoms with E-state index < -0.39 is 0 Å². The highest BCUT2D eigenvalue weighted by Crippen LogP contribution is 2.28. The van der Waals surface area contributed by atoms with Crippen molar-refractivity contribution in [1.82, 2.24) is 0 Å². The van der Waals surface area contributed by atoms with Crippen molar-refractivity contribution < 1.29 is 9.59 Å². The average molecular weight is 409 g/mol. The number of anilines is 2. The molecule has 0 aromatic heterocycles. The SMILES string of the molecule is N#Cc1cccc(NC2CCCCN(c3ccc(-c4ccccc4C=O)cc3)C2=O)c1. The Morgan fingerprint density at radius 2 is 1.81 bits per heavy atom. The molecule has 1 amide bonds. The van der Waals surface area contributed by atoms with Gasteiger partial charge in [-0.3, -0.25) is 9.59 Å². The number of benzene rings is 3. The first kappa shape index (κ1) is 20.4. The number of amides is 1. The Morgan fingerprint density at radius 1 is 1.00 bits per heavy atom. The molecule has 0 spiro atoms. The van der Waals surface area contributed by atoms with Crippen LogP contribution in [0.4, 0.5) is 11.4 Å². The molecule has 31 heavy (non-hydrogen) atoms. The van der Waals surface area contributed by atoms with Crippen molar-refractivity contribution in [2.75, 3.05) is 16.8 Å². The normalized spacial score (nSPS) is 16.3. The molecule has 5 heteroatoms. The zero-order chi connectivity index (χ0) is 21.6. The summed E-state index contributed by atoms with van der Waals surface area (Å²) in [6.45, 7) is 0.666. The summed E-state index contributed by atoms with van der Waals surface area (Å²) in [5.74, 6) is 0.0286. The second-order valence-corrected chi connectivity index (χ2v) is 7.63. The number of aldehydes is 1. The summed E-state index contributed by atoms with van der Waals surface area (Å²) in [6.07, 6.45) is 3.48. The predicted octanol–water partition coefficient (Wildman–Crippen LogP) is 5.04. The maximum atomic E-state index is 13.3. The van der Waals surface area contributed by atoms with Gasteiger partial charge in [0.15, 0.2) is 6.29 Å². The lowest BCUT2D eigenvalue weighted by atomic mass is 10.00. The predicted molar refractivity (Wildman–Crippen MR) is 122 cm³/mol.